The molecular weight excluding hydrogens is 270 g/mol. The normalized spacial score (nSPS) is 10.7. The fourth-order valence-corrected chi connectivity index (χ4v) is 2.13. The molecule has 0 spiro atoms. The van der Waals surface area contributed by atoms with Gasteiger partial charge in [0.25, 0.3) is 0 Å². The van der Waals surface area contributed by atoms with E-state index in [1.54, 1.807) is 30.5 Å². The molecule has 106 valence electrons. The second-order valence-electron chi connectivity index (χ2n) is 4.70. The molecule has 0 radical (unpaired) electrons. The SMILES string of the molecule is Cc1cc(=O)oc2cc(OCC(=O)c3ccc[nH]3)ccc12. The van der Waals surface area contributed by atoms with Gasteiger partial charge in [-0.25, -0.2) is 4.79 Å². The fraction of sp³-hybridized carbons (Fsp3) is 0.125. The number of ether oxygens (including phenoxy) is 1. The van der Waals surface area contributed by atoms with Gasteiger partial charge in [-0.05, 0) is 36.8 Å². The maximum atomic E-state index is 11.8. The molecule has 0 saturated carbocycles. The number of hydrogen-bond donors (Lipinski definition) is 1. The Morgan fingerprint density at radius 1 is 1.29 bits per heavy atom. The topological polar surface area (TPSA) is 72.3 Å². The minimum absolute atomic E-state index is 0.0813. The van der Waals surface area contributed by atoms with E-state index in [2.05, 4.69) is 4.98 Å². The molecular formula is C16H13NO4. The van der Waals surface area contributed by atoms with Crippen molar-refractivity contribution in [1.82, 2.24) is 4.98 Å². The Bertz CT molecular complexity index is 846. The van der Waals surface area contributed by atoms with Crippen molar-refractivity contribution < 1.29 is 13.9 Å². The maximum Gasteiger partial charge on any atom is 0.336 e. The number of hydrogen-bond acceptors (Lipinski definition) is 4. The van der Waals surface area contributed by atoms with Gasteiger partial charge in [0.15, 0.2) is 6.61 Å². The van der Waals surface area contributed by atoms with Gasteiger partial charge >= 0.3 is 5.63 Å². The predicted molar refractivity (Wildman–Crippen MR) is 77.8 cm³/mol. The van der Waals surface area contributed by atoms with E-state index in [4.69, 9.17) is 9.15 Å². The second-order valence-corrected chi connectivity index (χ2v) is 4.70. The monoisotopic (exact) mass is 283 g/mol. The molecule has 2 heterocycles. The van der Waals surface area contributed by atoms with Gasteiger partial charge in [0, 0.05) is 23.7 Å². The fourth-order valence-electron chi connectivity index (χ4n) is 2.13. The van der Waals surface area contributed by atoms with Crippen molar-refractivity contribution in [3.63, 3.8) is 0 Å². The van der Waals surface area contributed by atoms with E-state index in [-0.39, 0.29) is 12.4 Å². The third-order valence-corrected chi connectivity index (χ3v) is 3.19. The molecule has 1 N–H and O–H groups in total. The molecule has 5 nitrogen and oxygen atoms in total. The van der Waals surface area contributed by atoms with Gasteiger partial charge in [-0.3, -0.25) is 4.79 Å². The van der Waals surface area contributed by atoms with Crippen molar-refractivity contribution >= 4 is 16.8 Å². The Morgan fingerprint density at radius 2 is 2.14 bits per heavy atom. The first-order valence-corrected chi connectivity index (χ1v) is 6.47. The lowest BCUT2D eigenvalue weighted by Gasteiger charge is -2.06. The summed E-state index contributed by atoms with van der Waals surface area (Å²) in [5.74, 6) is 0.335. The number of fused-ring (bicyclic) bond motifs is 1. The number of rotatable bonds is 4. The van der Waals surface area contributed by atoms with Crippen LogP contribution in [0.3, 0.4) is 0 Å². The van der Waals surface area contributed by atoms with Crippen LogP contribution in [0.5, 0.6) is 5.75 Å². The summed E-state index contributed by atoms with van der Waals surface area (Å²) in [6.07, 6.45) is 1.68. The molecule has 0 bridgehead atoms. The minimum atomic E-state index is -0.403. The Hall–Kier alpha value is -2.82. The lowest BCUT2D eigenvalue weighted by molar-refractivity contribution is 0.0917. The van der Waals surface area contributed by atoms with Crippen LogP contribution < -0.4 is 10.4 Å². The summed E-state index contributed by atoms with van der Waals surface area (Å²) in [5, 5.41) is 0.845. The number of ketones is 1. The van der Waals surface area contributed by atoms with Gasteiger partial charge in [0.05, 0.1) is 5.69 Å². The summed E-state index contributed by atoms with van der Waals surface area (Å²) in [4.78, 5) is 26.0. The van der Waals surface area contributed by atoms with Crippen LogP contribution in [0.1, 0.15) is 16.1 Å². The van der Waals surface area contributed by atoms with E-state index in [0.717, 1.165) is 10.9 Å². The molecule has 1 aromatic carbocycles. The maximum absolute atomic E-state index is 11.8. The molecule has 0 amide bonds. The Morgan fingerprint density at radius 3 is 2.90 bits per heavy atom. The zero-order valence-corrected chi connectivity index (χ0v) is 11.4. The molecule has 0 atom stereocenters. The third-order valence-electron chi connectivity index (χ3n) is 3.19. The second kappa shape index (κ2) is 5.28. The van der Waals surface area contributed by atoms with Crippen molar-refractivity contribution in [3.8, 4) is 5.75 Å². The number of aromatic nitrogens is 1. The van der Waals surface area contributed by atoms with Crippen molar-refractivity contribution in [2.75, 3.05) is 6.61 Å². The third kappa shape index (κ3) is 2.72. The molecule has 0 saturated heterocycles. The first-order valence-electron chi connectivity index (χ1n) is 6.47. The molecule has 2 aromatic heterocycles. The highest BCUT2D eigenvalue weighted by Crippen LogP contribution is 2.22. The van der Waals surface area contributed by atoms with Crippen LogP contribution in [0.2, 0.25) is 0 Å². The van der Waals surface area contributed by atoms with Gasteiger partial charge in [0.2, 0.25) is 5.78 Å². The molecule has 21 heavy (non-hydrogen) atoms. The van der Waals surface area contributed by atoms with E-state index in [1.807, 2.05) is 13.0 Å². The standard InChI is InChI=1S/C16H13NO4/c1-10-7-16(19)21-15-8-11(4-5-12(10)15)20-9-14(18)13-3-2-6-17-13/h2-8,17H,9H2,1H3. The number of carbonyl (C=O) groups is 1. The number of Topliss-reactive ketones (excluding diaryl/α,β-unsaturated/α-hetero) is 1. The Labute approximate surface area is 120 Å². The zero-order chi connectivity index (χ0) is 14.8. The number of H-pyrrole nitrogens is 1. The van der Waals surface area contributed by atoms with Crippen molar-refractivity contribution in [2.24, 2.45) is 0 Å². The van der Waals surface area contributed by atoms with Crippen LogP contribution in [0.4, 0.5) is 0 Å². The highest BCUT2D eigenvalue weighted by atomic mass is 16.5. The van der Waals surface area contributed by atoms with E-state index < -0.39 is 5.63 Å². The van der Waals surface area contributed by atoms with Crippen molar-refractivity contribution in [2.45, 2.75) is 6.92 Å². The Kier molecular flexibility index (Phi) is 3.31. The molecule has 0 unspecified atom stereocenters. The van der Waals surface area contributed by atoms with Crippen LogP contribution in [0.25, 0.3) is 11.0 Å². The summed E-state index contributed by atoms with van der Waals surface area (Å²) < 4.78 is 10.6. The predicted octanol–water partition coefficient (Wildman–Crippen LogP) is 2.69. The molecule has 0 aliphatic carbocycles. The van der Waals surface area contributed by atoms with Crippen LogP contribution in [0.15, 0.2) is 51.8 Å². The first kappa shape index (κ1) is 13.2. The van der Waals surface area contributed by atoms with Crippen molar-refractivity contribution in [1.29, 1.82) is 0 Å². The van der Waals surface area contributed by atoms with Gasteiger partial charge in [0.1, 0.15) is 11.3 Å². The molecule has 5 heteroatoms. The van der Waals surface area contributed by atoms with Gasteiger partial charge < -0.3 is 14.1 Å². The lowest BCUT2D eigenvalue weighted by atomic mass is 10.1. The average molecular weight is 283 g/mol. The highest BCUT2D eigenvalue weighted by Gasteiger charge is 2.08. The van der Waals surface area contributed by atoms with Gasteiger partial charge in [-0.1, -0.05) is 0 Å². The highest BCUT2D eigenvalue weighted by molar-refractivity contribution is 5.95. The minimum Gasteiger partial charge on any atom is -0.485 e. The van der Waals surface area contributed by atoms with Gasteiger partial charge in [-0.15, -0.1) is 0 Å². The Balaban J connectivity index is 1.82. The lowest BCUT2D eigenvalue weighted by Crippen LogP contribution is -2.11. The number of nitrogens with one attached hydrogen (secondary N) is 1. The van der Waals surface area contributed by atoms with Crippen LogP contribution >= 0.6 is 0 Å². The number of aromatic amines is 1. The molecule has 0 aliphatic rings. The van der Waals surface area contributed by atoms with E-state index >= 15 is 0 Å². The number of benzene rings is 1. The van der Waals surface area contributed by atoms with E-state index in [0.29, 0.717) is 17.0 Å². The summed E-state index contributed by atoms with van der Waals surface area (Å²) in [6.45, 7) is 1.76. The van der Waals surface area contributed by atoms with Crippen LogP contribution in [-0.4, -0.2) is 17.4 Å². The average Bonchev–Trinajstić information content (AvgIpc) is 2.98. The summed E-state index contributed by atoms with van der Waals surface area (Å²) in [7, 11) is 0. The zero-order valence-electron chi connectivity index (χ0n) is 11.4. The number of carbonyl (C=O) groups excluding carboxylic acids is 1. The molecule has 3 rings (SSSR count). The quantitative estimate of drug-likeness (QED) is 0.590. The van der Waals surface area contributed by atoms with E-state index in [1.165, 1.54) is 6.07 Å². The first-order chi connectivity index (χ1) is 10.1. The van der Waals surface area contributed by atoms with Crippen molar-refractivity contribution in [3.05, 3.63) is 64.3 Å². The summed E-state index contributed by atoms with van der Waals surface area (Å²) in [5.41, 5.74) is 1.39. The summed E-state index contributed by atoms with van der Waals surface area (Å²) in [6, 6.07) is 10.1. The van der Waals surface area contributed by atoms with Gasteiger partial charge in [-0.2, -0.15) is 0 Å². The number of aryl methyl sites for hydroxylation is 1. The smallest absolute Gasteiger partial charge is 0.336 e. The van der Waals surface area contributed by atoms with E-state index in [9.17, 15) is 9.59 Å². The van der Waals surface area contributed by atoms with Crippen LogP contribution in [-0.2, 0) is 0 Å². The van der Waals surface area contributed by atoms with Crippen LogP contribution in [0, 0.1) is 6.92 Å². The largest absolute Gasteiger partial charge is 0.485 e. The molecule has 0 fully saturated rings. The molecule has 0 aliphatic heterocycles. The summed E-state index contributed by atoms with van der Waals surface area (Å²) >= 11 is 0. The molecule has 3 aromatic rings.